The lowest BCUT2D eigenvalue weighted by Gasteiger charge is -2.14. The molecule has 0 aliphatic carbocycles. The number of hydrogen-bond acceptors (Lipinski definition) is 3. The summed E-state index contributed by atoms with van der Waals surface area (Å²) in [6.45, 7) is 5.08. The number of carbonyl (C=O) groups excluding carboxylic acids is 3. The van der Waals surface area contributed by atoms with Gasteiger partial charge in [0.2, 0.25) is 11.0 Å². The molecule has 0 bridgehead atoms. The summed E-state index contributed by atoms with van der Waals surface area (Å²) in [6.07, 6.45) is 0.599. The van der Waals surface area contributed by atoms with E-state index in [0.717, 1.165) is 0 Å². The zero-order chi connectivity index (χ0) is 11.4. The molecule has 0 rings (SSSR count). The van der Waals surface area contributed by atoms with Gasteiger partial charge >= 0.3 is 0 Å². The van der Waals surface area contributed by atoms with Gasteiger partial charge in [-0.05, 0) is 18.0 Å². The van der Waals surface area contributed by atoms with E-state index in [1.165, 1.54) is 0 Å². The van der Waals surface area contributed by atoms with E-state index in [4.69, 9.17) is 11.6 Å². The summed E-state index contributed by atoms with van der Waals surface area (Å²) in [4.78, 5) is 33.0. The minimum absolute atomic E-state index is 0.106. The van der Waals surface area contributed by atoms with Crippen molar-refractivity contribution >= 4 is 28.4 Å². The second-order valence-electron chi connectivity index (χ2n) is 4.21. The third-order valence-corrected chi connectivity index (χ3v) is 1.90. The van der Waals surface area contributed by atoms with Crippen LogP contribution in [0.5, 0.6) is 0 Å². The summed E-state index contributed by atoms with van der Waals surface area (Å²) < 4.78 is 0. The molecular weight excluding hydrogens is 204 g/mol. The van der Waals surface area contributed by atoms with Crippen LogP contribution >= 0.6 is 11.6 Å². The third kappa shape index (κ3) is 5.12. The summed E-state index contributed by atoms with van der Waals surface area (Å²) >= 11 is 5.10. The lowest BCUT2D eigenvalue weighted by atomic mass is 9.87. The average Bonchev–Trinajstić information content (AvgIpc) is 2.00. The van der Waals surface area contributed by atoms with E-state index >= 15 is 0 Å². The molecule has 0 saturated carbocycles. The summed E-state index contributed by atoms with van der Waals surface area (Å²) in [6, 6.07) is 0. The number of carbonyl (C=O) groups is 3. The maximum absolute atomic E-state index is 11.4. The lowest BCUT2D eigenvalue weighted by molar-refractivity contribution is -0.141. The molecule has 0 N–H and O–H groups in total. The highest BCUT2D eigenvalue weighted by atomic mass is 35.5. The first-order valence-corrected chi connectivity index (χ1v) is 4.89. The normalized spacial score (nSPS) is 11.1. The van der Waals surface area contributed by atoms with Gasteiger partial charge in [0, 0.05) is 18.3 Å². The Morgan fingerprint density at radius 3 is 1.93 bits per heavy atom. The Morgan fingerprint density at radius 2 is 1.57 bits per heavy atom. The van der Waals surface area contributed by atoms with Gasteiger partial charge in [0.15, 0.2) is 5.78 Å². The minimum Gasteiger partial charge on any atom is -0.291 e. The van der Waals surface area contributed by atoms with Crippen molar-refractivity contribution < 1.29 is 14.4 Å². The van der Waals surface area contributed by atoms with E-state index in [1.54, 1.807) is 20.8 Å². The highest BCUT2D eigenvalue weighted by Gasteiger charge is 2.27. The van der Waals surface area contributed by atoms with Crippen LogP contribution in [0.1, 0.15) is 40.0 Å². The van der Waals surface area contributed by atoms with Gasteiger partial charge in [-0.2, -0.15) is 0 Å². The van der Waals surface area contributed by atoms with Gasteiger partial charge in [-0.1, -0.05) is 20.8 Å². The molecule has 0 saturated heterocycles. The highest BCUT2D eigenvalue weighted by Crippen LogP contribution is 2.16. The van der Waals surface area contributed by atoms with Gasteiger partial charge in [0.1, 0.15) is 0 Å². The monoisotopic (exact) mass is 218 g/mol. The molecule has 0 aromatic rings. The molecule has 0 atom stereocenters. The molecule has 0 unspecified atom stereocenters. The molecule has 4 heteroatoms. The van der Waals surface area contributed by atoms with Crippen molar-refractivity contribution in [2.24, 2.45) is 5.41 Å². The molecular formula is C10H15ClO3. The Morgan fingerprint density at radius 1 is 1.07 bits per heavy atom. The quantitative estimate of drug-likeness (QED) is 0.525. The van der Waals surface area contributed by atoms with E-state index < -0.39 is 16.4 Å². The van der Waals surface area contributed by atoms with Crippen molar-refractivity contribution in [2.75, 3.05) is 0 Å². The molecule has 0 heterocycles. The van der Waals surface area contributed by atoms with Crippen LogP contribution in [0.4, 0.5) is 0 Å². The molecule has 3 nitrogen and oxygen atoms in total. The summed E-state index contributed by atoms with van der Waals surface area (Å²) in [5, 5.41) is -0.471. The largest absolute Gasteiger partial charge is 0.291 e. The van der Waals surface area contributed by atoms with Crippen LogP contribution in [-0.2, 0) is 14.4 Å². The van der Waals surface area contributed by atoms with Crippen LogP contribution in [0.25, 0.3) is 0 Å². The van der Waals surface area contributed by atoms with Crippen LogP contribution < -0.4 is 0 Å². The molecule has 80 valence electrons. The number of ketones is 2. The Labute approximate surface area is 88.8 Å². The Hall–Kier alpha value is -0.700. The number of rotatable bonds is 5. The van der Waals surface area contributed by atoms with E-state index in [0.29, 0.717) is 6.42 Å². The van der Waals surface area contributed by atoms with E-state index in [-0.39, 0.29) is 18.6 Å². The van der Waals surface area contributed by atoms with Crippen molar-refractivity contribution in [3.05, 3.63) is 0 Å². The SMILES string of the molecule is CC(C)(C)C(=O)C(=O)CCCC(=O)Cl. The first kappa shape index (κ1) is 13.3. The highest BCUT2D eigenvalue weighted by molar-refractivity contribution is 6.63. The summed E-state index contributed by atoms with van der Waals surface area (Å²) in [5.74, 6) is -0.810. The maximum atomic E-state index is 11.4. The molecule has 0 aliphatic rings. The fourth-order valence-electron chi connectivity index (χ4n) is 0.920. The van der Waals surface area contributed by atoms with E-state index in [2.05, 4.69) is 0 Å². The molecule has 0 fully saturated rings. The lowest BCUT2D eigenvalue weighted by Crippen LogP contribution is -2.28. The second kappa shape index (κ2) is 5.25. The third-order valence-electron chi connectivity index (χ3n) is 1.71. The van der Waals surface area contributed by atoms with Crippen LogP contribution in [0.3, 0.4) is 0 Å². The van der Waals surface area contributed by atoms with Crippen LogP contribution in [0.15, 0.2) is 0 Å². The number of halogens is 1. The van der Waals surface area contributed by atoms with Gasteiger partial charge in [0.25, 0.3) is 0 Å². The second-order valence-corrected chi connectivity index (χ2v) is 4.63. The predicted octanol–water partition coefficient (Wildman–Crippen LogP) is 2.11. The van der Waals surface area contributed by atoms with Crippen LogP contribution in [-0.4, -0.2) is 16.8 Å². The molecule has 0 aromatic heterocycles. The van der Waals surface area contributed by atoms with Crippen LogP contribution in [0, 0.1) is 5.41 Å². The molecule has 14 heavy (non-hydrogen) atoms. The minimum atomic E-state index is -0.637. The van der Waals surface area contributed by atoms with Crippen LogP contribution in [0.2, 0.25) is 0 Å². The smallest absolute Gasteiger partial charge is 0.221 e. The Balaban J connectivity index is 3.98. The molecule has 0 aromatic carbocycles. The van der Waals surface area contributed by atoms with Gasteiger partial charge in [-0.3, -0.25) is 14.4 Å². The average molecular weight is 219 g/mol. The van der Waals surface area contributed by atoms with Gasteiger partial charge in [0.05, 0.1) is 0 Å². The van der Waals surface area contributed by atoms with E-state index in [9.17, 15) is 14.4 Å². The molecule has 0 amide bonds. The molecule has 0 spiro atoms. The van der Waals surface area contributed by atoms with Crippen molar-refractivity contribution in [1.29, 1.82) is 0 Å². The van der Waals surface area contributed by atoms with E-state index in [1.807, 2.05) is 0 Å². The van der Waals surface area contributed by atoms with Crippen molar-refractivity contribution in [1.82, 2.24) is 0 Å². The number of hydrogen-bond donors (Lipinski definition) is 0. The van der Waals surface area contributed by atoms with Crippen molar-refractivity contribution in [3.63, 3.8) is 0 Å². The molecule has 0 radical (unpaired) electrons. The fourth-order valence-corrected chi connectivity index (χ4v) is 1.05. The fraction of sp³-hybridized carbons (Fsp3) is 0.700. The van der Waals surface area contributed by atoms with Gasteiger partial charge in [-0.25, -0.2) is 0 Å². The Kier molecular flexibility index (Phi) is 4.99. The van der Waals surface area contributed by atoms with Crippen molar-refractivity contribution in [2.45, 2.75) is 40.0 Å². The summed E-state index contributed by atoms with van der Waals surface area (Å²) in [5.41, 5.74) is -0.637. The number of Topliss-reactive ketones (excluding diaryl/α,β-unsaturated/α-hetero) is 2. The summed E-state index contributed by atoms with van der Waals surface area (Å²) in [7, 11) is 0. The predicted molar refractivity (Wildman–Crippen MR) is 54.2 cm³/mol. The van der Waals surface area contributed by atoms with Gasteiger partial charge < -0.3 is 0 Å². The topological polar surface area (TPSA) is 51.2 Å². The zero-order valence-corrected chi connectivity index (χ0v) is 9.48. The van der Waals surface area contributed by atoms with Crippen molar-refractivity contribution in [3.8, 4) is 0 Å². The first-order valence-electron chi connectivity index (χ1n) is 4.51. The Bertz CT molecular complexity index is 251. The van der Waals surface area contributed by atoms with Gasteiger partial charge in [-0.15, -0.1) is 0 Å². The standard InChI is InChI=1S/C10H15ClO3/c1-10(2,3)9(14)7(12)5-4-6-8(11)13/h4-6H2,1-3H3. The zero-order valence-electron chi connectivity index (χ0n) is 8.72. The molecule has 0 aliphatic heterocycles. The maximum Gasteiger partial charge on any atom is 0.221 e. The first-order chi connectivity index (χ1) is 6.25.